The molecule has 4 bridgehead atoms. The Morgan fingerprint density at radius 1 is 1.09 bits per heavy atom. The first-order chi connectivity index (χ1) is 16.2. The largest absolute Gasteiger partial charge is 0.370 e. The van der Waals surface area contributed by atoms with Crippen molar-refractivity contribution in [1.82, 2.24) is 19.4 Å². The maximum Gasteiger partial charge on any atom is 0.240 e. The fraction of sp³-hybridized carbons (Fsp3) is 0.273. The molecular formula is C22H26N6O4S2. The maximum atomic E-state index is 12.6. The van der Waals surface area contributed by atoms with Crippen LogP contribution >= 0.6 is 0 Å². The molecule has 0 fully saturated rings. The number of aryl methyl sites for hydroxylation is 1. The van der Waals surface area contributed by atoms with Crippen LogP contribution in [0, 0.1) is 6.92 Å². The lowest BCUT2D eigenvalue weighted by molar-refractivity contribution is 0.578. The highest BCUT2D eigenvalue weighted by Gasteiger charge is 2.17. The van der Waals surface area contributed by atoms with Crippen LogP contribution in [0.3, 0.4) is 0 Å². The summed E-state index contributed by atoms with van der Waals surface area (Å²) in [5, 5.41) is 6.24. The average molecular weight is 503 g/mol. The molecule has 2 aromatic carbocycles. The van der Waals surface area contributed by atoms with Gasteiger partial charge in [-0.05, 0) is 50.1 Å². The molecule has 12 heteroatoms. The van der Waals surface area contributed by atoms with E-state index < -0.39 is 20.0 Å². The molecule has 2 heterocycles. The van der Waals surface area contributed by atoms with Crippen molar-refractivity contribution in [3.05, 3.63) is 65.9 Å². The molecule has 0 unspecified atom stereocenters. The van der Waals surface area contributed by atoms with E-state index in [0.29, 0.717) is 36.8 Å². The van der Waals surface area contributed by atoms with Gasteiger partial charge in [-0.25, -0.2) is 31.3 Å². The maximum absolute atomic E-state index is 12.6. The molecule has 0 saturated heterocycles. The third kappa shape index (κ3) is 5.89. The van der Waals surface area contributed by atoms with Gasteiger partial charge in [-0.3, -0.25) is 0 Å². The van der Waals surface area contributed by atoms with Gasteiger partial charge in [0.2, 0.25) is 26.0 Å². The van der Waals surface area contributed by atoms with Gasteiger partial charge in [-0.1, -0.05) is 23.8 Å². The molecule has 1 aliphatic heterocycles. The number of hydrogen-bond acceptors (Lipinski definition) is 8. The van der Waals surface area contributed by atoms with Gasteiger partial charge in [0.25, 0.3) is 0 Å². The summed E-state index contributed by atoms with van der Waals surface area (Å²) in [6.07, 6.45) is 2.54. The Kier molecular flexibility index (Phi) is 7.12. The third-order valence-corrected chi connectivity index (χ3v) is 8.16. The lowest BCUT2D eigenvalue weighted by atomic mass is 10.2. The second-order valence-corrected chi connectivity index (χ2v) is 11.4. The van der Waals surface area contributed by atoms with E-state index in [2.05, 4.69) is 30.0 Å². The summed E-state index contributed by atoms with van der Waals surface area (Å²) in [5.74, 6) is 0.860. The Bertz CT molecular complexity index is 1380. The summed E-state index contributed by atoms with van der Waals surface area (Å²) in [7, 11) is -7.25. The highest BCUT2D eigenvalue weighted by atomic mass is 32.2. The van der Waals surface area contributed by atoms with Crippen LogP contribution in [0.5, 0.6) is 0 Å². The standard InChI is InChI=1S/C22H26N6O4S2/c1-16-6-8-19(9-7-16)33(29,30)26-13-10-17-15-24-22-27-18-4-2-5-20(14-18)34(31,32)25-12-3-11-23-21(17)28-22/h2,4-9,14-15,25-26H,3,10-13H2,1H3,(H2,23,24,27,28). The van der Waals surface area contributed by atoms with Gasteiger partial charge >= 0.3 is 0 Å². The van der Waals surface area contributed by atoms with E-state index in [-0.39, 0.29) is 22.9 Å². The van der Waals surface area contributed by atoms with E-state index in [9.17, 15) is 16.8 Å². The van der Waals surface area contributed by atoms with Gasteiger partial charge in [0.1, 0.15) is 5.82 Å². The molecule has 0 spiro atoms. The van der Waals surface area contributed by atoms with Crippen LogP contribution in [-0.4, -0.2) is 46.4 Å². The fourth-order valence-corrected chi connectivity index (χ4v) is 5.53. The zero-order valence-corrected chi connectivity index (χ0v) is 20.2. The van der Waals surface area contributed by atoms with Crippen molar-refractivity contribution >= 4 is 37.5 Å². The van der Waals surface area contributed by atoms with Gasteiger partial charge in [0, 0.05) is 37.1 Å². The number of rotatable bonds is 5. The Labute approximate surface area is 199 Å². The first-order valence-corrected chi connectivity index (χ1v) is 13.7. The molecule has 1 aromatic heterocycles. The second-order valence-electron chi connectivity index (χ2n) is 7.86. The van der Waals surface area contributed by atoms with Crippen molar-refractivity contribution in [2.45, 2.75) is 29.6 Å². The fourth-order valence-electron chi connectivity index (χ4n) is 3.38. The van der Waals surface area contributed by atoms with E-state index in [1.54, 1.807) is 42.6 Å². The van der Waals surface area contributed by atoms with E-state index >= 15 is 0 Å². The molecule has 180 valence electrons. The van der Waals surface area contributed by atoms with Crippen LogP contribution in [0.4, 0.5) is 17.5 Å². The Morgan fingerprint density at radius 3 is 2.68 bits per heavy atom. The molecule has 0 atom stereocenters. The van der Waals surface area contributed by atoms with Gasteiger partial charge < -0.3 is 10.6 Å². The molecule has 1 aliphatic rings. The lowest BCUT2D eigenvalue weighted by Crippen LogP contribution is -2.27. The van der Waals surface area contributed by atoms with Gasteiger partial charge in [-0.2, -0.15) is 4.98 Å². The number of sulfonamides is 2. The number of benzene rings is 2. The summed E-state index contributed by atoms with van der Waals surface area (Å²) in [5.41, 5.74) is 2.25. The smallest absolute Gasteiger partial charge is 0.240 e. The SMILES string of the molecule is Cc1ccc(S(=O)(=O)NCCc2cnc3nc2NCCCNS(=O)(=O)c2cccc(c2)N3)cc1. The molecule has 3 aromatic rings. The van der Waals surface area contributed by atoms with Crippen LogP contribution in [0.1, 0.15) is 17.5 Å². The number of fused-ring (bicyclic) bond motifs is 4. The van der Waals surface area contributed by atoms with Crippen LogP contribution in [0.25, 0.3) is 0 Å². The minimum atomic E-state index is -3.63. The van der Waals surface area contributed by atoms with E-state index in [1.807, 2.05) is 6.92 Å². The summed E-state index contributed by atoms with van der Waals surface area (Å²) in [6.45, 7) is 2.80. The molecule has 4 rings (SSSR count). The van der Waals surface area contributed by atoms with Crippen LogP contribution in [0.2, 0.25) is 0 Å². The first kappa shape index (κ1) is 24.1. The molecule has 0 amide bonds. The monoisotopic (exact) mass is 502 g/mol. The Balaban J connectivity index is 1.51. The topological polar surface area (TPSA) is 142 Å². The lowest BCUT2D eigenvalue weighted by Gasteiger charge is -2.13. The predicted octanol–water partition coefficient (Wildman–Crippen LogP) is 2.14. The highest BCUT2D eigenvalue weighted by Crippen LogP contribution is 2.21. The Morgan fingerprint density at radius 2 is 1.88 bits per heavy atom. The summed E-state index contributed by atoms with van der Waals surface area (Å²) in [6, 6.07) is 13.1. The van der Waals surface area contributed by atoms with Crippen LogP contribution < -0.4 is 20.1 Å². The van der Waals surface area contributed by atoms with Crippen molar-refractivity contribution in [3.63, 3.8) is 0 Å². The third-order valence-electron chi connectivity index (χ3n) is 5.22. The van der Waals surface area contributed by atoms with Crippen LogP contribution in [-0.2, 0) is 26.5 Å². The van der Waals surface area contributed by atoms with Crippen molar-refractivity contribution in [3.8, 4) is 0 Å². The molecule has 0 radical (unpaired) electrons. The number of aromatic nitrogens is 2. The number of anilines is 3. The normalized spacial score (nSPS) is 15.7. The van der Waals surface area contributed by atoms with E-state index in [4.69, 9.17) is 0 Å². The second kappa shape index (κ2) is 10.1. The number of nitrogens with one attached hydrogen (secondary N) is 4. The molecular weight excluding hydrogens is 476 g/mol. The zero-order chi connectivity index (χ0) is 24.2. The summed E-state index contributed by atoms with van der Waals surface area (Å²) < 4.78 is 55.3. The van der Waals surface area contributed by atoms with Crippen molar-refractivity contribution < 1.29 is 16.8 Å². The van der Waals surface area contributed by atoms with Gasteiger partial charge in [-0.15, -0.1) is 0 Å². The van der Waals surface area contributed by atoms with Crippen molar-refractivity contribution in [2.75, 3.05) is 30.3 Å². The minimum absolute atomic E-state index is 0.155. The number of hydrogen-bond donors (Lipinski definition) is 4. The molecule has 0 saturated carbocycles. The van der Waals surface area contributed by atoms with E-state index in [1.165, 1.54) is 12.1 Å². The van der Waals surface area contributed by atoms with Gasteiger partial charge in [0.15, 0.2) is 0 Å². The quantitative estimate of drug-likeness (QED) is 0.416. The summed E-state index contributed by atoms with van der Waals surface area (Å²) in [4.78, 5) is 9.22. The molecule has 4 N–H and O–H groups in total. The molecule has 34 heavy (non-hydrogen) atoms. The van der Waals surface area contributed by atoms with Gasteiger partial charge in [0.05, 0.1) is 9.79 Å². The number of nitrogens with zero attached hydrogens (tertiary/aromatic N) is 2. The Hall–Kier alpha value is -3.06. The first-order valence-electron chi connectivity index (χ1n) is 10.8. The summed E-state index contributed by atoms with van der Waals surface area (Å²) >= 11 is 0. The van der Waals surface area contributed by atoms with Crippen LogP contribution in [0.15, 0.2) is 64.5 Å². The average Bonchev–Trinajstić information content (AvgIpc) is 2.80. The molecule has 0 aliphatic carbocycles. The van der Waals surface area contributed by atoms with Crippen molar-refractivity contribution in [1.29, 1.82) is 0 Å². The zero-order valence-electron chi connectivity index (χ0n) is 18.6. The van der Waals surface area contributed by atoms with E-state index in [0.717, 1.165) is 11.1 Å². The highest BCUT2D eigenvalue weighted by molar-refractivity contribution is 7.89. The minimum Gasteiger partial charge on any atom is -0.370 e. The predicted molar refractivity (Wildman–Crippen MR) is 130 cm³/mol. The van der Waals surface area contributed by atoms with Crippen molar-refractivity contribution in [2.24, 2.45) is 0 Å². The molecule has 10 nitrogen and oxygen atoms in total.